The Hall–Kier alpha value is -2.09. The highest BCUT2D eigenvalue weighted by atomic mass is 32.2. The zero-order valence-electron chi connectivity index (χ0n) is 11.8. The average molecular weight is 328 g/mol. The van der Waals surface area contributed by atoms with E-state index >= 15 is 0 Å². The molecule has 22 heavy (non-hydrogen) atoms. The molecule has 1 aromatic carbocycles. The summed E-state index contributed by atoms with van der Waals surface area (Å²) in [4.78, 5) is 11.7. The Kier molecular flexibility index (Phi) is 5.76. The molecule has 0 unspecified atom stereocenters. The van der Waals surface area contributed by atoms with Gasteiger partial charge in [0.05, 0.1) is 0 Å². The standard InChI is InChI=1S/C14H14F2N2O3S/c1-22-6-5-17-14(19)12-7-9(21-18-12)8-20-13-10(15)3-2-4-11(13)16/h2-4,7H,5-6,8H2,1H3,(H,17,19). The summed E-state index contributed by atoms with van der Waals surface area (Å²) in [7, 11) is 0. The number of carbonyl (C=O) groups excluding carboxylic acids is 1. The number of nitrogens with zero attached hydrogens (tertiary/aromatic N) is 1. The second kappa shape index (κ2) is 7.79. The van der Waals surface area contributed by atoms with Gasteiger partial charge in [0.1, 0.15) is 6.61 Å². The van der Waals surface area contributed by atoms with Crippen molar-refractivity contribution in [2.45, 2.75) is 6.61 Å². The molecule has 2 rings (SSSR count). The lowest BCUT2D eigenvalue weighted by molar-refractivity contribution is 0.0947. The van der Waals surface area contributed by atoms with Crippen molar-refractivity contribution in [3.8, 4) is 5.75 Å². The van der Waals surface area contributed by atoms with Crippen molar-refractivity contribution < 1.29 is 22.8 Å². The summed E-state index contributed by atoms with van der Waals surface area (Å²) in [6.07, 6.45) is 1.93. The second-order valence-corrected chi connectivity index (χ2v) is 5.25. The summed E-state index contributed by atoms with van der Waals surface area (Å²) in [5.74, 6) is -1.51. The van der Waals surface area contributed by atoms with Gasteiger partial charge in [0.15, 0.2) is 28.8 Å². The average Bonchev–Trinajstić information content (AvgIpc) is 2.96. The van der Waals surface area contributed by atoms with Gasteiger partial charge in [0.2, 0.25) is 0 Å². The lowest BCUT2D eigenvalue weighted by Crippen LogP contribution is -2.25. The van der Waals surface area contributed by atoms with Crippen LogP contribution in [0.1, 0.15) is 16.2 Å². The van der Waals surface area contributed by atoms with E-state index in [0.29, 0.717) is 6.54 Å². The van der Waals surface area contributed by atoms with Crippen LogP contribution >= 0.6 is 11.8 Å². The van der Waals surface area contributed by atoms with Crippen molar-refractivity contribution in [3.63, 3.8) is 0 Å². The molecule has 2 aromatic rings. The molecule has 8 heteroatoms. The number of amides is 1. The number of halogens is 2. The number of hydrogen-bond acceptors (Lipinski definition) is 5. The maximum atomic E-state index is 13.4. The number of benzene rings is 1. The quantitative estimate of drug-likeness (QED) is 0.792. The Morgan fingerprint density at radius 1 is 1.41 bits per heavy atom. The molecule has 0 aliphatic rings. The maximum Gasteiger partial charge on any atom is 0.273 e. The van der Waals surface area contributed by atoms with Crippen LogP contribution in [0.3, 0.4) is 0 Å². The molecule has 1 N–H and O–H groups in total. The van der Waals surface area contributed by atoms with Gasteiger partial charge in [-0.1, -0.05) is 11.2 Å². The molecule has 0 atom stereocenters. The summed E-state index contributed by atoms with van der Waals surface area (Å²) in [6, 6.07) is 4.78. The third-order valence-electron chi connectivity index (χ3n) is 2.66. The number of carbonyl (C=O) groups is 1. The van der Waals surface area contributed by atoms with Crippen LogP contribution < -0.4 is 10.1 Å². The van der Waals surface area contributed by atoms with E-state index in [9.17, 15) is 13.6 Å². The molecule has 0 bridgehead atoms. The molecule has 0 aliphatic heterocycles. The Balaban J connectivity index is 1.93. The first-order valence-electron chi connectivity index (χ1n) is 6.41. The number of para-hydroxylation sites is 1. The van der Waals surface area contributed by atoms with E-state index < -0.39 is 17.4 Å². The van der Waals surface area contributed by atoms with Crippen LogP contribution in [0.5, 0.6) is 5.75 Å². The first-order valence-corrected chi connectivity index (χ1v) is 7.80. The lowest BCUT2D eigenvalue weighted by atomic mass is 10.3. The van der Waals surface area contributed by atoms with Gasteiger partial charge in [-0.25, -0.2) is 8.78 Å². The second-order valence-electron chi connectivity index (χ2n) is 4.27. The van der Waals surface area contributed by atoms with Gasteiger partial charge in [-0.15, -0.1) is 0 Å². The number of nitrogens with one attached hydrogen (secondary N) is 1. The van der Waals surface area contributed by atoms with Gasteiger partial charge in [-0.3, -0.25) is 4.79 Å². The molecule has 5 nitrogen and oxygen atoms in total. The van der Waals surface area contributed by atoms with Crippen LogP contribution in [0.2, 0.25) is 0 Å². The summed E-state index contributed by atoms with van der Waals surface area (Å²) >= 11 is 1.60. The molecule has 0 radical (unpaired) electrons. The molecule has 0 saturated carbocycles. The Morgan fingerprint density at radius 3 is 2.82 bits per heavy atom. The fraction of sp³-hybridized carbons (Fsp3) is 0.286. The van der Waals surface area contributed by atoms with Crippen LogP contribution in [-0.4, -0.2) is 29.6 Å². The van der Waals surface area contributed by atoms with Gasteiger partial charge in [0, 0.05) is 18.4 Å². The number of thioether (sulfide) groups is 1. The zero-order valence-corrected chi connectivity index (χ0v) is 12.6. The molecule has 118 valence electrons. The minimum absolute atomic E-state index is 0.0914. The lowest BCUT2D eigenvalue weighted by Gasteiger charge is -2.05. The summed E-state index contributed by atoms with van der Waals surface area (Å²) in [5.41, 5.74) is 0.0914. The largest absolute Gasteiger partial charge is 0.479 e. The third-order valence-corrected chi connectivity index (χ3v) is 3.27. The van der Waals surface area contributed by atoms with E-state index in [4.69, 9.17) is 9.26 Å². The highest BCUT2D eigenvalue weighted by molar-refractivity contribution is 7.98. The molecule has 0 spiro atoms. The van der Waals surface area contributed by atoms with E-state index in [1.165, 1.54) is 12.1 Å². The summed E-state index contributed by atoms with van der Waals surface area (Å²) in [5, 5.41) is 6.25. The zero-order chi connectivity index (χ0) is 15.9. The molecule has 0 saturated heterocycles. The Labute approximate surface area is 130 Å². The van der Waals surface area contributed by atoms with Gasteiger partial charge in [-0.05, 0) is 18.4 Å². The van der Waals surface area contributed by atoms with Crippen molar-refractivity contribution in [2.75, 3.05) is 18.6 Å². The SMILES string of the molecule is CSCCNC(=O)c1cc(COc2c(F)cccc2F)on1. The van der Waals surface area contributed by atoms with E-state index in [-0.39, 0.29) is 24.0 Å². The fourth-order valence-corrected chi connectivity index (χ4v) is 1.92. The molecular weight excluding hydrogens is 314 g/mol. The highest BCUT2D eigenvalue weighted by Gasteiger charge is 2.14. The maximum absolute atomic E-state index is 13.4. The summed E-state index contributed by atoms with van der Waals surface area (Å²) < 4.78 is 36.7. The predicted octanol–water partition coefficient (Wildman–Crippen LogP) is 2.62. The van der Waals surface area contributed by atoms with Gasteiger partial charge in [-0.2, -0.15) is 11.8 Å². The van der Waals surface area contributed by atoms with Crippen LogP contribution in [-0.2, 0) is 6.61 Å². The van der Waals surface area contributed by atoms with Gasteiger partial charge < -0.3 is 14.6 Å². The molecule has 1 amide bonds. The van der Waals surface area contributed by atoms with Crippen LogP contribution in [0, 0.1) is 11.6 Å². The molecule has 0 fully saturated rings. The monoisotopic (exact) mass is 328 g/mol. The fourth-order valence-electron chi connectivity index (χ4n) is 1.61. The Morgan fingerprint density at radius 2 is 2.14 bits per heavy atom. The first-order chi connectivity index (χ1) is 10.6. The van der Waals surface area contributed by atoms with Crippen molar-refractivity contribution in [1.82, 2.24) is 10.5 Å². The van der Waals surface area contributed by atoms with Crippen LogP contribution in [0.4, 0.5) is 8.78 Å². The van der Waals surface area contributed by atoms with E-state index in [0.717, 1.165) is 17.9 Å². The number of rotatable bonds is 7. The minimum atomic E-state index is -0.811. The first kappa shape index (κ1) is 16.3. The van der Waals surface area contributed by atoms with Gasteiger partial charge >= 0.3 is 0 Å². The normalized spacial score (nSPS) is 10.5. The summed E-state index contributed by atoms with van der Waals surface area (Å²) in [6.45, 7) is 0.280. The number of hydrogen-bond donors (Lipinski definition) is 1. The smallest absolute Gasteiger partial charge is 0.273 e. The highest BCUT2D eigenvalue weighted by Crippen LogP contribution is 2.22. The van der Waals surface area contributed by atoms with E-state index in [1.54, 1.807) is 11.8 Å². The predicted molar refractivity (Wildman–Crippen MR) is 77.9 cm³/mol. The molecule has 1 heterocycles. The van der Waals surface area contributed by atoms with E-state index in [1.807, 2.05) is 6.26 Å². The van der Waals surface area contributed by atoms with Crippen molar-refractivity contribution >= 4 is 17.7 Å². The van der Waals surface area contributed by atoms with Crippen molar-refractivity contribution in [3.05, 3.63) is 47.4 Å². The van der Waals surface area contributed by atoms with Crippen LogP contribution in [0.15, 0.2) is 28.8 Å². The minimum Gasteiger partial charge on any atom is -0.479 e. The Bertz CT molecular complexity index is 629. The molecular formula is C14H14F2N2O3S. The number of aromatic nitrogens is 1. The third kappa shape index (κ3) is 4.20. The topological polar surface area (TPSA) is 64.4 Å². The van der Waals surface area contributed by atoms with Crippen molar-refractivity contribution in [2.24, 2.45) is 0 Å². The number of ether oxygens (including phenoxy) is 1. The molecule has 1 aromatic heterocycles. The van der Waals surface area contributed by atoms with Crippen LogP contribution in [0.25, 0.3) is 0 Å². The van der Waals surface area contributed by atoms with Crippen molar-refractivity contribution in [1.29, 1.82) is 0 Å². The van der Waals surface area contributed by atoms with Gasteiger partial charge in [0.25, 0.3) is 5.91 Å². The molecule has 0 aliphatic carbocycles. The van der Waals surface area contributed by atoms with E-state index in [2.05, 4.69) is 10.5 Å².